The van der Waals surface area contributed by atoms with Gasteiger partial charge in [0.05, 0.1) is 10.2 Å². The lowest BCUT2D eigenvalue weighted by atomic mass is 10.3. The van der Waals surface area contributed by atoms with Crippen molar-refractivity contribution in [2.45, 2.75) is 0 Å². The van der Waals surface area contributed by atoms with Crippen molar-refractivity contribution in [2.24, 2.45) is 0 Å². The first-order valence-electron chi connectivity index (χ1n) is 3.55. The molecular weight excluding hydrogens is 170 g/mol. The van der Waals surface area contributed by atoms with Gasteiger partial charge in [-0.25, -0.2) is 0 Å². The Labute approximate surface area is 73.4 Å². The summed E-state index contributed by atoms with van der Waals surface area (Å²) in [6, 6.07) is 7.68. The van der Waals surface area contributed by atoms with Gasteiger partial charge in [0.2, 0.25) is 0 Å². The van der Waals surface area contributed by atoms with Gasteiger partial charge >= 0.3 is 4.87 Å². The molecule has 2 nitrogen and oxygen atoms in total. The third-order valence-corrected chi connectivity index (χ3v) is 2.64. The van der Waals surface area contributed by atoms with Crippen molar-refractivity contribution >= 4 is 27.8 Å². The van der Waals surface area contributed by atoms with Crippen molar-refractivity contribution in [1.82, 2.24) is 4.57 Å². The van der Waals surface area contributed by atoms with E-state index in [1.165, 1.54) is 11.3 Å². The third kappa shape index (κ3) is 0.905. The van der Waals surface area contributed by atoms with Gasteiger partial charge in [-0.1, -0.05) is 30.0 Å². The SMILES string of the molecule is C=Cn1c(=O)sc2ccccc21. The van der Waals surface area contributed by atoms with Gasteiger partial charge in [-0.05, 0) is 12.1 Å². The van der Waals surface area contributed by atoms with Gasteiger partial charge in [0.15, 0.2) is 0 Å². The first-order valence-corrected chi connectivity index (χ1v) is 4.37. The summed E-state index contributed by atoms with van der Waals surface area (Å²) in [6.07, 6.45) is 1.54. The Bertz CT molecular complexity index is 480. The van der Waals surface area contributed by atoms with Crippen LogP contribution in [0.15, 0.2) is 35.6 Å². The average Bonchev–Trinajstić information content (AvgIpc) is 2.40. The molecule has 12 heavy (non-hydrogen) atoms. The highest BCUT2D eigenvalue weighted by molar-refractivity contribution is 7.16. The molecule has 0 spiro atoms. The number of benzene rings is 1. The summed E-state index contributed by atoms with van der Waals surface area (Å²) in [6.45, 7) is 3.58. The minimum absolute atomic E-state index is 0.0196. The fourth-order valence-electron chi connectivity index (χ4n) is 1.16. The number of rotatable bonds is 1. The molecule has 0 aliphatic carbocycles. The molecule has 0 saturated heterocycles. The van der Waals surface area contributed by atoms with E-state index in [0.29, 0.717) is 0 Å². The van der Waals surface area contributed by atoms with Crippen molar-refractivity contribution in [3.63, 3.8) is 0 Å². The van der Waals surface area contributed by atoms with Gasteiger partial charge < -0.3 is 0 Å². The Hall–Kier alpha value is -1.35. The maximum absolute atomic E-state index is 11.3. The van der Waals surface area contributed by atoms with Crippen LogP contribution in [0.25, 0.3) is 16.4 Å². The van der Waals surface area contributed by atoms with E-state index in [2.05, 4.69) is 6.58 Å². The number of hydrogen-bond donors (Lipinski definition) is 0. The van der Waals surface area contributed by atoms with Gasteiger partial charge in [-0.3, -0.25) is 9.36 Å². The zero-order valence-corrected chi connectivity index (χ0v) is 7.17. The van der Waals surface area contributed by atoms with E-state index in [9.17, 15) is 4.79 Å². The van der Waals surface area contributed by atoms with Gasteiger partial charge in [0.1, 0.15) is 0 Å². The van der Waals surface area contributed by atoms with Gasteiger partial charge in [-0.15, -0.1) is 0 Å². The number of hydrogen-bond acceptors (Lipinski definition) is 2. The summed E-state index contributed by atoms with van der Waals surface area (Å²) in [7, 11) is 0. The third-order valence-electron chi connectivity index (χ3n) is 1.70. The van der Waals surface area contributed by atoms with E-state index in [1.54, 1.807) is 10.8 Å². The summed E-state index contributed by atoms with van der Waals surface area (Å²) in [5.74, 6) is 0. The zero-order valence-electron chi connectivity index (χ0n) is 6.36. The monoisotopic (exact) mass is 177 g/mol. The number of para-hydroxylation sites is 1. The number of nitrogens with zero attached hydrogens (tertiary/aromatic N) is 1. The summed E-state index contributed by atoms with van der Waals surface area (Å²) in [5.41, 5.74) is 0.933. The van der Waals surface area contributed by atoms with Crippen LogP contribution in [-0.4, -0.2) is 4.57 Å². The molecule has 0 radical (unpaired) electrons. The molecule has 0 aliphatic rings. The van der Waals surface area contributed by atoms with Crippen LogP contribution < -0.4 is 4.87 Å². The largest absolute Gasteiger partial charge is 0.312 e. The highest BCUT2D eigenvalue weighted by Crippen LogP contribution is 2.15. The predicted octanol–water partition coefficient (Wildman–Crippen LogP) is 2.16. The van der Waals surface area contributed by atoms with E-state index >= 15 is 0 Å². The van der Waals surface area contributed by atoms with Crippen LogP contribution >= 0.6 is 11.3 Å². The highest BCUT2D eigenvalue weighted by Gasteiger charge is 2.01. The molecular formula is C9H7NOS. The number of fused-ring (bicyclic) bond motifs is 1. The molecule has 0 bridgehead atoms. The van der Waals surface area contributed by atoms with Crippen molar-refractivity contribution in [3.8, 4) is 0 Å². The molecule has 0 N–H and O–H groups in total. The van der Waals surface area contributed by atoms with Crippen molar-refractivity contribution < 1.29 is 0 Å². The number of aromatic nitrogens is 1. The quantitative estimate of drug-likeness (QED) is 0.654. The molecule has 3 heteroatoms. The normalized spacial score (nSPS) is 10.3. The van der Waals surface area contributed by atoms with E-state index in [4.69, 9.17) is 0 Å². The fourth-order valence-corrected chi connectivity index (χ4v) is 2.03. The summed E-state index contributed by atoms with van der Waals surface area (Å²) in [5, 5.41) is 0. The Morgan fingerprint density at radius 2 is 2.17 bits per heavy atom. The van der Waals surface area contributed by atoms with Crippen LogP contribution in [0.1, 0.15) is 0 Å². The lowest BCUT2D eigenvalue weighted by Crippen LogP contribution is -2.04. The van der Waals surface area contributed by atoms with Crippen LogP contribution in [0.5, 0.6) is 0 Å². The molecule has 0 saturated carbocycles. The van der Waals surface area contributed by atoms with Crippen LogP contribution in [0.2, 0.25) is 0 Å². The van der Waals surface area contributed by atoms with Crippen LogP contribution in [0.3, 0.4) is 0 Å². The predicted molar refractivity (Wildman–Crippen MR) is 52.5 cm³/mol. The van der Waals surface area contributed by atoms with E-state index < -0.39 is 0 Å². The average molecular weight is 177 g/mol. The topological polar surface area (TPSA) is 22.0 Å². The molecule has 1 aromatic carbocycles. The zero-order chi connectivity index (χ0) is 8.55. The Balaban J connectivity index is 3.00. The maximum Gasteiger partial charge on any atom is 0.312 e. The van der Waals surface area contributed by atoms with Crippen LogP contribution in [-0.2, 0) is 0 Å². The van der Waals surface area contributed by atoms with E-state index in [0.717, 1.165) is 10.2 Å². The smallest absolute Gasteiger partial charge is 0.275 e. The van der Waals surface area contributed by atoms with Gasteiger partial charge in [-0.2, -0.15) is 0 Å². The lowest BCUT2D eigenvalue weighted by Gasteiger charge is -1.91. The Kier molecular flexibility index (Phi) is 1.59. The minimum atomic E-state index is 0.0196. The molecule has 0 unspecified atom stereocenters. The molecule has 60 valence electrons. The van der Waals surface area contributed by atoms with E-state index in [-0.39, 0.29) is 4.87 Å². The summed E-state index contributed by atoms with van der Waals surface area (Å²) < 4.78 is 2.56. The standard InChI is InChI=1S/C9H7NOS/c1-2-10-7-5-3-4-6-8(7)12-9(10)11/h2-6H,1H2. The van der Waals surface area contributed by atoms with Crippen LogP contribution in [0.4, 0.5) is 0 Å². The van der Waals surface area contributed by atoms with Crippen LogP contribution in [0, 0.1) is 0 Å². The molecule has 0 atom stereocenters. The molecule has 0 fully saturated rings. The molecule has 1 aromatic heterocycles. The van der Waals surface area contributed by atoms with E-state index in [1.807, 2.05) is 24.3 Å². The van der Waals surface area contributed by atoms with Gasteiger partial charge in [0, 0.05) is 6.20 Å². The highest BCUT2D eigenvalue weighted by atomic mass is 32.1. The van der Waals surface area contributed by atoms with Crippen molar-refractivity contribution in [1.29, 1.82) is 0 Å². The molecule has 1 heterocycles. The Morgan fingerprint density at radius 1 is 1.42 bits per heavy atom. The lowest BCUT2D eigenvalue weighted by molar-refractivity contribution is 1.18. The molecule has 2 rings (SSSR count). The second-order valence-corrected chi connectivity index (χ2v) is 3.38. The molecule has 0 aliphatic heterocycles. The molecule has 0 amide bonds. The Morgan fingerprint density at radius 3 is 2.92 bits per heavy atom. The molecule has 2 aromatic rings. The van der Waals surface area contributed by atoms with Gasteiger partial charge in [0.25, 0.3) is 0 Å². The maximum atomic E-state index is 11.3. The fraction of sp³-hybridized carbons (Fsp3) is 0. The number of thiazole rings is 1. The summed E-state index contributed by atoms with van der Waals surface area (Å²) in [4.78, 5) is 11.3. The first kappa shape index (κ1) is 7.31. The van der Waals surface area contributed by atoms with Crippen molar-refractivity contribution in [2.75, 3.05) is 0 Å². The summed E-state index contributed by atoms with van der Waals surface area (Å²) >= 11 is 1.24. The second-order valence-electron chi connectivity index (χ2n) is 2.39. The second kappa shape index (κ2) is 2.60. The van der Waals surface area contributed by atoms with Crippen molar-refractivity contribution in [3.05, 3.63) is 40.5 Å². The first-order chi connectivity index (χ1) is 5.83. The minimum Gasteiger partial charge on any atom is -0.275 e.